The van der Waals surface area contributed by atoms with Crippen LogP contribution in [0.15, 0.2) is 50.8 Å². The Morgan fingerprint density at radius 1 is 1.39 bits per heavy atom. The summed E-state index contributed by atoms with van der Waals surface area (Å²) in [5.74, 6) is -0.677. The van der Waals surface area contributed by atoms with Crippen molar-refractivity contribution in [3.8, 4) is 5.75 Å². The Labute approximate surface area is 184 Å². The van der Waals surface area contributed by atoms with Gasteiger partial charge in [-0.25, -0.2) is 4.98 Å². The number of nitrogens with zero attached hydrogens (tertiary/aromatic N) is 4. The Morgan fingerprint density at radius 3 is 2.77 bits per heavy atom. The Hall–Kier alpha value is -3.60. The molecule has 11 heteroatoms. The number of hydrogen-bond donors (Lipinski definition) is 1. The summed E-state index contributed by atoms with van der Waals surface area (Å²) in [7, 11) is 0. The highest BCUT2D eigenvalue weighted by Gasteiger charge is 2.20. The number of carbonyl (C=O) groups excluding carboxylic acids is 1. The molecule has 160 valence electrons. The maximum Gasteiger partial charge on any atom is 0.311 e. The van der Waals surface area contributed by atoms with Crippen molar-refractivity contribution < 1.29 is 14.5 Å². The molecule has 1 aromatic heterocycles. The van der Waals surface area contributed by atoms with Crippen LogP contribution in [-0.4, -0.2) is 33.3 Å². The van der Waals surface area contributed by atoms with E-state index in [0.29, 0.717) is 21.2 Å². The molecule has 0 saturated carbocycles. The van der Waals surface area contributed by atoms with Gasteiger partial charge >= 0.3 is 5.69 Å². The molecule has 0 aliphatic heterocycles. The molecule has 0 saturated heterocycles. The van der Waals surface area contributed by atoms with Crippen LogP contribution in [0.3, 0.4) is 0 Å². The molecule has 0 aliphatic rings. The number of primary amides is 1. The molecule has 0 fully saturated rings. The van der Waals surface area contributed by atoms with Crippen molar-refractivity contribution in [2.24, 2.45) is 10.8 Å². The van der Waals surface area contributed by atoms with Crippen molar-refractivity contribution in [1.82, 2.24) is 9.66 Å². The summed E-state index contributed by atoms with van der Waals surface area (Å²) in [6.45, 7) is 3.19. The van der Waals surface area contributed by atoms with Crippen LogP contribution in [0.2, 0.25) is 0 Å². The van der Waals surface area contributed by atoms with E-state index in [9.17, 15) is 19.7 Å². The number of para-hydroxylation sites is 1. The van der Waals surface area contributed by atoms with Gasteiger partial charge in [0.1, 0.15) is 5.82 Å². The monoisotopic (exact) mass is 487 g/mol. The second-order valence-electron chi connectivity index (χ2n) is 6.86. The molecule has 0 unspecified atom stereocenters. The highest BCUT2D eigenvalue weighted by molar-refractivity contribution is 9.10. The summed E-state index contributed by atoms with van der Waals surface area (Å²) in [5, 5.41) is 16.0. The molecule has 0 aliphatic carbocycles. The van der Waals surface area contributed by atoms with E-state index in [0.717, 1.165) is 4.68 Å². The second-order valence-corrected chi connectivity index (χ2v) is 7.77. The first kappa shape index (κ1) is 22.1. The number of benzene rings is 2. The first-order chi connectivity index (χ1) is 14.7. The number of nitrogens with two attached hydrogens (primary N) is 1. The van der Waals surface area contributed by atoms with E-state index in [-0.39, 0.29) is 22.9 Å². The second kappa shape index (κ2) is 9.04. The zero-order chi connectivity index (χ0) is 22.7. The van der Waals surface area contributed by atoms with Gasteiger partial charge in [-0.15, -0.1) is 0 Å². The maximum absolute atomic E-state index is 13.1. The van der Waals surface area contributed by atoms with Gasteiger partial charge in [-0.2, -0.15) is 9.78 Å². The minimum Gasteiger partial charge on any atom is -0.476 e. The Bertz CT molecular complexity index is 1270. The van der Waals surface area contributed by atoms with Gasteiger partial charge in [0.15, 0.2) is 6.61 Å². The molecule has 1 heterocycles. The van der Waals surface area contributed by atoms with Crippen molar-refractivity contribution >= 4 is 44.6 Å². The first-order valence-electron chi connectivity index (χ1n) is 9.14. The summed E-state index contributed by atoms with van der Waals surface area (Å²) in [6.07, 6.45) is 1.25. The quantitative estimate of drug-likeness (QED) is 0.308. The standard InChI is InChI=1S/C20H18BrN5O5/c1-11(2)19-24-15-7-6-13(21)8-14(15)20(28)25(19)23-9-12-4-3-5-16(26(29)30)18(12)31-10-17(22)27/h3-9,11H,10H2,1-2H3,(H2,22,27). The van der Waals surface area contributed by atoms with Crippen LogP contribution >= 0.6 is 15.9 Å². The fourth-order valence-electron chi connectivity index (χ4n) is 2.86. The molecule has 0 bridgehead atoms. The lowest BCUT2D eigenvalue weighted by molar-refractivity contribution is -0.385. The summed E-state index contributed by atoms with van der Waals surface area (Å²) in [4.78, 5) is 39.5. The van der Waals surface area contributed by atoms with Crippen LogP contribution in [0.4, 0.5) is 5.69 Å². The lowest BCUT2D eigenvalue weighted by atomic mass is 10.2. The van der Waals surface area contributed by atoms with E-state index in [2.05, 4.69) is 26.0 Å². The van der Waals surface area contributed by atoms with Gasteiger partial charge in [0, 0.05) is 22.0 Å². The smallest absolute Gasteiger partial charge is 0.311 e. The molecule has 0 spiro atoms. The Morgan fingerprint density at radius 2 is 2.13 bits per heavy atom. The Balaban J connectivity index is 2.17. The van der Waals surface area contributed by atoms with E-state index >= 15 is 0 Å². The Kier molecular flexibility index (Phi) is 6.44. The summed E-state index contributed by atoms with van der Waals surface area (Å²) >= 11 is 3.34. The van der Waals surface area contributed by atoms with Gasteiger partial charge in [0.25, 0.3) is 11.5 Å². The number of aromatic nitrogens is 2. The van der Waals surface area contributed by atoms with Gasteiger partial charge in [-0.3, -0.25) is 19.7 Å². The minimum atomic E-state index is -0.788. The topological polar surface area (TPSA) is 143 Å². The number of halogens is 1. The van der Waals surface area contributed by atoms with E-state index in [1.807, 2.05) is 13.8 Å². The van der Waals surface area contributed by atoms with Crippen LogP contribution in [-0.2, 0) is 4.79 Å². The number of nitro benzene ring substituents is 1. The van der Waals surface area contributed by atoms with Gasteiger partial charge in [-0.05, 0) is 24.3 Å². The number of fused-ring (bicyclic) bond motifs is 1. The molecule has 31 heavy (non-hydrogen) atoms. The van der Waals surface area contributed by atoms with Gasteiger partial charge < -0.3 is 10.5 Å². The fraction of sp³-hybridized carbons (Fsp3) is 0.200. The summed E-state index contributed by atoms with van der Waals surface area (Å²) < 4.78 is 7.12. The van der Waals surface area contributed by atoms with Crippen LogP contribution in [0.25, 0.3) is 10.9 Å². The zero-order valence-electron chi connectivity index (χ0n) is 16.6. The average molecular weight is 488 g/mol. The predicted octanol–water partition coefficient (Wildman–Crippen LogP) is 2.94. The lowest BCUT2D eigenvalue weighted by Crippen LogP contribution is -2.23. The molecule has 3 aromatic rings. The molecule has 0 radical (unpaired) electrons. The third-order valence-corrected chi connectivity index (χ3v) is 4.74. The van der Waals surface area contributed by atoms with Gasteiger partial charge in [0.05, 0.1) is 22.0 Å². The highest BCUT2D eigenvalue weighted by atomic mass is 79.9. The van der Waals surface area contributed by atoms with E-state index < -0.39 is 23.0 Å². The largest absolute Gasteiger partial charge is 0.476 e. The maximum atomic E-state index is 13.1. The summed E-state index contributed by atoms with van der Waals surface area (Å²) in [6, 6.07) is 9.36. The van der Waals surface area contributed by atoms with E-state index in [1.54, 1.807) is 18.2 Å². The first-order valence-corrected chi connectivity index (χ1v) is 9.93. The SMILES string of the molecule is CC(C)c1nc2ccc(Br)cc2c(=O)n1N=Cc1cccc([N+](=O)[O-])c1OCC(N)=O. The number of carbonyl (C=O) groups is 1. The fourth-order valence-corrected chi connectivity index (χ4v) is 3.22. The average Bonchev–Trinajstić information content (AvgIpc) is 2.71. The van der Waals surface area contributed by atoms with E-state index in [4.69, 9.17) is 10.5 Å². The molecule has 1 amide bonds. The van der Waals surface area contributed by atoms with Crippen LogP contribution in [0.5, 0.6) is 5.75 Å². The molecule has 3 rings (SSSR count). The highest BCUT2D eigenvalue weighted by Crippen LogP contribution is 2.30. The normalized spacial score (nSPS) is 11.4. The molecule has 10 nitrogen and oxygen atoms in total. The van der Waals surface area contributed by atoms with Crippen molar-refractivity contribution in [2.75, 3.05) is 6.61 Å². The number of nitro groups is 1. The van der Waals surface area contributed by atoms with Gasteiger partial charge in [-0.1, -0.05) is 35.8 Å². The predicted molar refractivity (Wildman–Crippen MR) is 119 cm³/mol. The minimum absolute atomic E-state index is 0.131. The summed E-state index contributed by atoms with van der Waals surface area (Å²) in [5.41, 5.74) is 5.08. The third kappa shape index (κ3) is 4.77. The van der Waals surface area contributed by atoms with Crippen molar-refractivity contribution in [3.63, 3.8) is 0 Å². The third-order valence-electron chi connectivity index (χ3n) is 4.24. The molecular formula is C20H18BrN5O5. The lowest BCUT2D eigenvalue weighted by Gasteiger charge is -2.12. The number of ether oxygens (including phenoxy) is 1. The number of rotatable bonds is 7. The molecule has 0 atom stereocenters. The van der Waals surface area contributed by atoms with Crippen LogP contribution in [0.1, 0.15) is 31.2 Å². The number of hydrogen-bond acceptors (Lipinski definition) is 7. The van der Waals surface area contributed by atoms with Gasteiger partial charge in [0.2, 0.25) is 5.75 Å². The molecule has 2 aromatic carbocycles. The van der Waals surface area contributed by atoms with Crippen LogP contribution in [0, 0.1) is 10.1 Å². The van der Waals surface area contributed by atoms with Crippen LogP contribution < -0.4 is 16.0 Å². The van der Waals surface area contributed by atoms with Crippen molar-refractivity contribution in [3.05, 3.63) is 72.7 Å². The van der Waals surface area contributed by atoms with Crippen molar-refractivity contribution in [2.45, 2.75) is 19.8 Å². The number of amides is 1. The molecular weight excluding hydrogens is 470 g/mol. The van der Waals surface area contributed by atoms with Crippen molar-refractivity contribution in [1.29, 1.82) is 0 Å². The zero-order valence-corrected chi connectivity index (χ0v) is 18.2. The molecule has 2 N–H and O–H groups in total. The van der Waals surface area contributed by atoms with E-state index in [1.165, 1.54) is 24.4 Å².